The second kappa shape index (κ2) is 6.15. The summed E-state index contributed by atoms with van der Waals surface area (Å²) in [6, 6.07) is -1.69. The Balaban J connectivity index is 3.03. The van der Waals surface area contributed by atoms with Crippen molar-refractivity contribution in [3.63, 3.8) is 0 Å². The maximum absolute atomic E-state index is 12.8. The van der Waals surface area contributed by atoms with Gasteiger partial charge in [-0.2, -0.15) is 26.3 Å². The molecule has 1 aliphatic carbocycles. The van der Waals surface area contributed by atoms with E-state index in [-0.39, 0.29) is 12.1 Å². The van der Waals surface area contributed by atoms with Crippen molar-refractivity contribution in [1.82, 2.24) is 5.32 Å². The maximum atomic E-state index is 12.8. The quantitative estimate of drug-likeness (QED) is 0.590. The lowest BCUT2D eigenvalue weighted by Crippen LogP contribution is -2.51. The number of halogens is 6. The van der Waals surface area contributed by atoms with E-state index in [1.165, 1.54) is 6.08 Å². The van der Waals surface area contributed by atoms with Crippen LogP contribution in [0.2, 0.25) is 0 Å². The van der Waals surface area contributed by atoms with Crippen molar-refractivity contribution in [2.75, 3.05) is 6.54 Å². The van der Waals surface area contributed by atoms with Crippen LogP contribution < -0.4 is 5.32 Å². The molecule has 0 bridgehead atoms. The molecular formula is C12H17F6N. The molecule has 0 fully saturated rings. The lowest BCUT2D eigenvalue weighted by Gasteiger charge is -2.32. The zero-order valence-electron chi connectivity index (χ0n) is 10.5. The van der Waals surface area contributed by atoms with Crippen molar-refractivity contribution in [3.05, 3.63) is 11.6 Å². The van der Waals surface area contributed by atoms with Crippen molar-refractivity contribution in [3.8, 4) is 0 Å². The Kier molecular flexibility index (Phi) is 5.29. The van der Waals surface area contributed by atoms with Gasteiger partial charge in [-0.3, -0.25) is 0 Å². The van der Waals surface area contributed by atoms with Gasteiger partial charge in [-0.05, 0) is 32.2 Å². The molecule has 1 atom stereocenters. The number of alkyl halides is 6. The Bertz CT molecular complexity index is 303. The number of hydrogen-bond donors (Lipinski definition) is 1. The van der Waals surface area contributed by atoms with Gasteiger partial charge in [0.25, 0.3) is 0 Å². The lowest BCUT2D eigenvalue weighted by atomic mass is 9.91. The van der Waals surface area contributed by atoms with Gasteiger partial charge in [-0.15, -0.1) is 0 Å². The fraction of sp³-hybridized carbons (Fsp3) is 0.833. The third-order valence-corrected chi connectivity index (χ3v) is 3.13. The molecule has 1 aliphatic rings. The zero-order chi connectivity index (χ0) is 14.7. The molecule has 0 aliphatic heterocycles. The zero-order valence-corrected chi connectivity index (χ0v) is 10.5. The minimum Gasteiger partial charge on any atom is -0.309 e. The smallest absolute Gasteiger partial charge is 0.309 e. The van der Waals surface area contributed by atoms with Gasteiger partial charge < -0.3 is 5.32 Å². The summed E-state index contributed by atoms with van der Waals surface area (Å²) >= 11 is 0. The van der Waals surface area contributed by atoms with Crippen LogP contribution in [0.15, 0.2) is 11.6 Å². The first kappa shape index (κ1) is 16.3. The summed E-state index contributed by atoms with van der Waals surface area (Å²) < 4.78 is 76.6. The first-order valence-corrected chi connectivity index (χ1v) is 6.23. The number of nitrogens with one attached hydrogen (secondary N) is 1. The largest absolute Gasteiger partial charge is 0.402 e. The molecule has 1 unspecified atom stereocenters. The molecule has 1 nitrogen and oxygen atoms in total. The fourth-order valence-electron chi connectivity index (χ4n) is 2.30. The molecule has 112 valence electrons. The van der Waals surface area contributed by atoms with E-state index in [1.54, 1.807) is 6.92 Å². The van der Waals surface area contributed by atoms with Crippen LogP contribution in [0, 0.1) is 5.92 Å². The van der Waals surface area contributed by atoms with Crippen LogP contribution in [-0.2, 0) is 0 Å². The van der Waals surface area contributed by atoms with Gasteiger partial charge in [0, 0.05) is 6.04 Å². The van der Waals surface area contributed by atoms with Gasteiger partial charge >= 0.3 is 12.4 Å². The van der Waals surface area contributed by atoms with E-state index in [1.807, 2.05) is 0 Å². The molecule has 19 heavy (non-hydrogen) atoms. The van der Waals surface area contributed by atoms with E-state index >= 15 is 0 Å². The van der Waals surface area contributed by atoms with Crippen LogP contribution >= 0.6 is 0 Å². The van der Waals surface area contributed by atoms with Gasteiger partial charge in [-0.25, -0.2) is 0 Å². The minimum absolute atomic E-state index is 0.130. The Labute approximate surface area is 108 Å². The van der Waals surface area contributed by atoms with Crippen LogP contribution in [0.1, 0.15) is 32.6 Å². The van der Waals surface area contributed by atoms with Crippen molar-refractivity contribution >= 4 is 0 Å². The third-order valence-electron chi connectivity index (χ3n) is 3.13. The molecule has 7 heteroatoms. The summed E-state index contributed by atoms with van der Waals surface area (Å²) in [6.07, 6.45) is -7.17. The predicted octanol–water partition coefficient (Wildman–Crippen LogP) is 4.21. The maximum Gasteiger partial charge on any atom is 0.402 e. The fourth-order valence-corrected chi connectivity index (χ4v) is 2.30. The highest BCUT2D eigenvalue weighted by molar-refractivity contribution is 5.18. The Hall–Kier alpha value is -0.720. The molecule has 0 amide bonds. The standard InChI is InChI=1S/C12H17F6N/c1-2-7-19-9(8-5-3-4-6-8)10(11(13,14)15)12(16,17)18/h5,9-10,19H,2-4,6-7H2,1H3. The molecule has 1 N–H and O–H groups in total. The Morgan fingerprint density at radius 3 is 2.11 bits per heavy atom. The van der Waals surface area contributed by atoms with Crippen LogP contribution in [0.4, 0.5) is 26.3 Å². The van der Waals surface area contributed by atoms with Crippen molar-refractivity contribution < 1.29 is 26.3 Å². The topological polar surface area (TPSA) is 12.0 Å². The Morgan fingerprint density at radius 1 is 1.16 bits per heavy atom. The summed E-state index contributed by atoms with van der Waals surface area (Å²) in [5.74, 6) is -3.34. The molecule has 0 spiro atoms. The molecule has 0 aromatic heterocycles. The van der Waals surface area contributed by atoms with E-state index in [0.717, 1.165) is 0 Å². The van der Waals surface area contributed by atoms with Crippen LogP contribution in [0.3, 0.4) is 0 Å². The second-order valence-electron chi connectivity index (χ2n) is 4.66. The lowest BCUT2D eigenvalue weighted by molar-refractivity contribution is -0.289. The molecular weight excluding hydrogens is 272 g/mol. The van der Waals surface area contributed by atoms with Crippen molar-refractivity contribution in [2.24, 2.45) is 5.92 Å². The Morgan fingerprint density at radius 2 is 1.74 bits per heavy atom. The average molecular weight is 289 g/mol. The SMILES string of the molecule is CCCNC(C1=CCCC1)C(C(F)(F)F)C(F)(F)F. The van der Waals surface area contributed by atoms with E-state index in [2.05, 4.69) is 5.32 Å². The average Bonchev–Trinajstić information content (AvgIpc) is 2.73. The first-order chi connectivity index (χ1) is 8.68. The minimum atomic E-state index is -5.30. The highest BCUT2D eigenvalue weighted by atomic mass is 19.4. The van der Waals surface area contributed by atoms with Crippen LogP contribution in [-0.4, -0.2) is 24.9 Å². The summed E-state index contributed by atoms with van der Waals surface area (Å²) in [5, 5.41) is 2.42. The second-order valence-corrected chi connectivity index (χ2v) is 4.66. The molecule has 0 saturated heterocycles. The molecule has 0 saturated carbocycles. The van der Waals surface area contributed by atoms with Crippen molar-refractivity contribution in [2.45, 2.75) is 51.0 Å². The van der Waals surface area contributed by atoms with Crippen LogP contribution in [0.25, 0.3) is 0 Å². The van der Waals surface area contributed by atoms with E-state index in [4.69, 9.17) is 0 Å². The highest BCUT2D eigenvalue weighted by Crippen LogP contribution is 2.44. The van der Waals surface area contributed by atoms with Gasteiger partial charge in [-0.1, -0.05) is 18.6 Å². The highest BCUT2D eigenvalue weighted by Gasteiger charge is 2.60. The van der Waals surface area contributed by atoms with E-state index in [9.17, 15) is 26.3 Å². The van der Waals surface area contributed by atoms with Gasteiger partial charge in [0.1, 0.15) is 0 Å². The predicted molar refractivity (Wildman–Crippen MR) is 59.6 cm³/mol. The molecule has 1 rings (SSSR count). The number of allylic oxidation sites excluding steroid dienone is 1. The summed E-state index contributed by atoms with van der Waals surface area (Å²) in [4.78, 5) is 0. The molecule has 0 aromatic rings. The summed E-state index contributed by atoms with van der Waals surface area (Å²) in [7, 11) is 0. The third kappa shape index (κ3) is 4.40. The normalized spacial score (nSPS) is 18.8. The van der Waals surface area contributed by atoms with Gasteiger partial charge in [0.05, 0.1) is 0 Å². The number of rotatable bonds is 5. The van der Waals surface area contributed by atoms with Crippen molar-refractivity contribution in [1.29, 1.82) is 0 Å². The van der Waals surface area contributed by atoms with Gasteiger partial charge in [0.2, 0.25) is 0 Å². The summed E-state index contributed by atoms with van der Waals surface area (Å²) in [6.45, 7) is 1.83. The molecule has 0 heterocycles. The van der Waals surface area contributed by atoms with E-state index in [0.29, 0.717) is 25.7 Å². The number of hydrogen-bond acceptors (Lipinski definition) is 1. The molecule has 0 radical (unpaired) electrons. The van der Waals surface area contributed by atoms with Gasteiger partial charge in [0.15, 0.2) is 5.92 Å². The first-order valence-electron chi connectivity index (χ1n) is 6.23. The monoisotopic (exact) mass is 289 g/mol. The molecule has 0 aromatic carbocycles. The summed E-state index contributed by atoms with van der Waals surface area (Å²) in [5.41, 5.74) is 0.230. The van der Waals surface area contributed by atoms with E-state index < -0.39 is 24.3 Å². The van der Waals surface area contributed by atoms with Crippen LogP contribution in [0.5, 0.6) is 0 Å².